The first-order valence-electron chi connectivity index (χ1n) is 7.17. The lowest BCUT2D eigenvalue weighted by molar-refractivity contribution is -0.121. The molecule has 2 atom stereocenters. The third kappa shape index (κ3) is 4.66. The van der Waals surface area contributed by atoms with Crippen molar-refractivity contribution in [3.8, 4) is 0 Å². The Kier molecular flexibility index (Phi) is 6.22. The Labute approximate surface area is 139 Å². The van der Waals surface area contributed by atoms with Gasteiger partial charge in [0, 0.05) is 6.04 Å². The van der Waals surface area contributed by atoms with E-state index in [9.17, 15) is 13.2 Å². The number of sulfonamides is 1. The maximum absolute atomic E-state index is 12.0. The molecule has 1 aromatic rings. The van der Waals surface area contributed by atoms with Crippen molar-refractivity contribution in [3.63, 3.8) is 0 Å². The molecule has 0 spiro atoms. The van der Waals surface area contributed by atoms with Crippen molar-refractivity contribution in [2.24, 2.45) is 11.7 Å². The highest BCUT2D eigenvalue weighted by molar-refractivity contribution is 7.91. The highest BCUT2D eigenvalue weighted by Crippen LogP contribution is 2.25. The lowest BCUT2D eigenvalue weighted by atomic mass is 9.84. The smallest absolute Gasteiger partial charge is 0.250 e. The van der Waals surface area contributed by atoms with Gasteiger partial charge in [-0.05, 0) is 37.4 Å². The second-order valence-electron chi connectivity index (χ2n) is 5.34. The van der Waals surface area contributed by atoms with Crippen molar-refractivity contribution in [2.75, 3.05) is 13.1 Å². The lowest BCUT2D eigenvalue weighted by Crippen LogP contribution is -2.47. The molecular weight excluding hydrogens is 346 g/mol. The number of rotatable bonds is 6. The molecule has 0 saturated heterocycles. The summed E-state index contributed by atoms with van der Waals surface area (Å²) in [4.78, 5) is 12.0. The van der Waals surface area contributed by atoms with E-state index < -0.39 is 10.0 Å². The lowest BCUT2D eigenvalue weighted by Gasteiger charge is -2.31. The van der Waals surface area contributed by atoms with Gasteiger partial charge in [0.05, 0.1) is 10.9 Å². The number of carbonyl (C=O) groups excluding carboxylic acids is 1. The summed E-state index contributed by atoms with van der Waals surface area (Å²) in [6.07, 6.45) is 4.07. The summed E-state index contributed by atoms with van der Waals surface area (Å²) in [5.74, 6) is -0.0676. The monoisotopic (exact) mass is 365 g/mol. The van der Waals surface area contributed by atoms with E-state index in [0.717, 1.165) is 37.0 Å². The third-order valence-corrected chi connectivity index (χ3v) is 6.92. The molecule has 1 aliphatic rings. The van der Waals surface area contributed by atoms with Crippen molar-refractivity contribution in [2.45, 2.75) is 35.9 Å². The Morgan fingerprint density at radius 1 is 1.36 bits per heavy atom. The van der Waals surface area contributed by atoms with Gasteiger partial charge in [-0.2, -0.15) is 0 Å². The molecule has 124 valence electrons. The van der Waals surface area contributed by atoms with Crippen LogP contribution < -0.4 is 15.8 Å². The largest absolute Gasteiger partial charge is 0.352 e. The summed E-state index contributed by atoms with van der Waals surface area (Å²) in [5.41, 5.74) is 5.72. The van der Waals surface area contributed by atoms with Gasteiger partial charge in [0.2, 0.25) is 5.91 Å². The van der Waals surface area contributed by atoms with E-state index in [4.69, 9.17) is 17.3 Å². The van der Waals surface area contributed by atoms with Crippen LogP contribution in [0.3, 0.4) is 0 Å². The Hall–Kier alpha value is -0.670. The number of halogens is 1. The van der Waals surface area contributed by atoms with Gasteiger partial charge in [-0.3, -0.25) is 4.79 Å². The number of hydrogen-bond acceptors (Lipinski definition) is 5. The van der Waals surface area contributed by atoms with Crippen LogP contribution in [0.2, 0.25) is 4.34 Å². The Morgan fingerprint density at radius 3 is 2.73 bits per heavy atom. The molecule has 0 aliphatic heterocycles. The van der Waals surface area contributed by atoms with Crippen LogP contribution in [0.5, 0.6) is 0 Å². The molecule has 6 nitrogen and oxygen atoms in total. The Balaban J connectivity index is 1.87. The fourth-order valence-corrected chi connectivity index (χ4v) is 5.12. The fourth-order valence-electron chi connectivity index (χ4n) is 2.61. The van der Waals surface area contributed by atoms with Gasteiger partial charge in [0.15, 0.2) is 0 Å². The standard InChI is InChI=1S/C13H20ClN3O3S2/c14-11-5-6-13(21-11)22(19,20)16-8-12(18)17-10-4-2-1-3-9(10)7-15/h5-6,9-10,16H,1-4,7-8,15H2,(H,17,18). The summed E-state index contributed by atoms with van der Waals surface area (Å²) in [5, 5.41) is 2.88. The predicted molar refractivity (Wildman–Crippen MR) is 87.5 cm³/mol. The number of hydrogen-bond donors (Lipinski definition) is 3. The van der Waals surface area contributed by atoms with Gasteiger partial charge in [0.25, 0.3) is 10.0 Å². The van der Waals surface area contributed by atoms with E-state index in [-0.39, 0.29) is 28.6 Å². The van der Waals surface area contributed by atoms with Gasteiger partial charge >= 0.3 is 0 Å². The summed E-state index contributed by atoms with van der Waals surface area (Å²) in [6, 6.07) is 2.96. The predicted octanol–water partition coefficient (Wildman–Crippen LogP) is 1.31. The molecule has 2 unspecified atom stereocenters. The minimum atomic E-state index is -3.70. The summed E-state index contributed by atoms with van der Waals surface area (Å²) < 4.78 is 26.8. The Morgan fingerprint density at radius 2 is 2.09 bits per heavy atom. The van der Waals surface area contributed by atoms with Crippen molar-refractivity contribution >= 4 is 38.9 Å². The molecular formula is C13H20ClN3O3S2. The highest BCUT2D eigenvalue weighted by Gasteiger charge is 2.26. The molecule has 1 fully saturated rings. The maximum atomic E-state index is 12.0. The fraction of sp³-hybridized carbons (Fsp3) is 0.615. The Bertz CT molecular complexity index is 618. The van der Waals surface area contributed by atoms with E-state index in [0.29, 0.717) is 10.9 Å². The van der Waals surface area contributed by atoms with Gasteiger partial charge in [-0.15, -0.1) is 11.3 Å². The van der Waals surface area contributed by atoms with Gasteiger partial charge < -0.3 is 11.1 Å². The molecule has 0 radical (unpaired) electrons. The number of carbonyl (C=O) groups is 1. The minimum Gasteiger partial charge on any atom is -0.352 e. The molecule has 22 heavy (non-hydrogen) atoms. The second kappa shape index (κ2) is 7.74. The van der Waals surface area contributed by atoms with E-state index in [1.54, 1.807) is 0 Å². The van der Waals surface area contributed by atoms with E-state index >= 15 is 0 Å². The molecule has 1 amide bonds. The summed E-state index contributed by atoms with van der Waals surface area (Å²) in [7, 11) is -3.70. The van der Waals surface area contributed by atoms with Gasteiger partial charge in [-0.25, -0.2) is 13.1 Å². The third-order valence-electron chi connectivity index (χ3n) is 3.79. The average Bonchev–Trinajstić information content (AvgIpc) is 2.93. The van der Waals surface area contributed by atoms with E-state index in [1.807, 2.05) is 0 Å². The molecule has 1 heterocycles. The minimum absolute atomic E-state index is 0.0342. The second-order valence-corrected chi connectivity index (χ2v) is 9.05. The zero-order valence-electron chi connectivity index (χ0n) is 12.0. The zero-order valence-corrected chi connectivity index (χ0v) is 14.4. The first-order chi connectivity index (χ1) is 10.4. The number of nitrogens with one attached hydrogen (secondary N) is 2. The van der Waals surface area contributed by atoms with Gasteiger partial charge in [0.1, 0.15) is 4.21 Å². The number of nitrogens with two attached hydrogens (primary N) is 1. The van der Waals surface area contributed by atoms with Crippen LogP contribution in [0.25, 0.3) is 0 Å². The molecule has 9 heteroatoms. The number of thiophene rings is 1. The van der Waals surface area contributed by atoms with E-state index in [2.05, 4.69) is 10.0 Å². The quantitative estimate of drug-likeness (QED) is 0.707. The summed E-state index contributed by atoms with van der Waals surface area (Å²) in [6.45, 7) is 0.246. The maximum Gasteiger partial charge on any atom is 0.250 e. The molecule has 2 rings (SSSR count). The molecule has 4 N–H and O–H groups in total. The van der Waals surface area contributed by atoms with Crippen LogP contribution in [0.15, 0.2) is 16.3 Å². The normalized spacial score (nSPS) is 22.5. The van der Waals surface area contributed by atoms with Crippen molar-refractivity contribution in [1.29, 1.82) is 0 Å². The topological polar surface area (TPSA) is 101 Å². The van der Waals surface area contributed by atoms with Crippen molar-refractivity contribution < 1.29 is 13.2 Å². The van der Waals surface area contributed by atoms with Crippen LogP contribution in [0.4, 0.5) is 0 Å². The SMILES string of the molecule is NCC1CCCCC1NC(=O)CNS(=O)(=O)c1ccc(Cl)s1. The molecule has 0 aromatic carbocycles. The number of amides is 1. The van der Waals surface area contributed by atoms with Gasteiger partial charge in [-0.1, -0.05) is 24.4 Å². The highest BCUT2D eigenvalue weighted by atomic mass is 35.5. The molecule has 1 saturated carbocycles. The van der Waals surface area contributed by atoms with Crippen LogP contribution in [-0.2, 0) is 14.8 Å². The van der Waals surface area contributed by atoms with Crippen LogP contribution in [0.1, 0.15) is 25.7 Å². The van der Waals surface area contributed by atoms with Crippen molar-refractivity contribution in [3.05, 3.63) is 16.5 Å². The first kappa shape index (κ1) is 17.7. The van der Waals surface area contributed by atoms with Crippen LogP contribution >= 0.6 is 22.9 Å². The van der Waals surface area contributed by atoms with Crippen molar-refractivity contribution in [1.82, 2.24) is 10.0 Å². The van der Waals surface area contributed by atoms with Crippen LogP contribution in [-0.4, -0.2) is 33.5 Å². The van der Waals surface area contributed by atoms with Crippen LogP contribution in [0, 0.1) is 5.92 Å². The molecule has 1 aliphatic carbocycles. The zero-order chi connectivity index (χ0) is 16.2. The molecule has 1 aromatic heterocycles. The first-order valence-corrected chi connectivity index (χ1v) is 9.84. The van der Waals surface area contributed by atoms with E-state index in [1.165, 1.54) is 12.1 Å². The molecule has 0 bridgehead atoms. The summed E-state index contributed by atoms with van der Waals surface area (Å²) >= 11 is 6.68. The average molecular weight is 366 g/mol.